The number of carbonyl (C=O) groups is 1. The molecule has 1 aliphatic heterocycles. The predicted octanol–water partition coefficient (Wildman–Crippen LogP) is 4.28. The molecule has 8 heteroatoms. The van der Waals surface area contributed by atoms with Crippen molar-refractivity contribution in [3.63, 3.8) is 0 Å². The van der Waals surface area contributed by atoms with Crippen LogP contribution in [0.1, 0.15) is 55.9 Å². The van der Waals surface area contributed by atoms with E-state index in [0.29, 0.717) is 24.7 Å². The molecular weight excluding hydrogens is 456 g/mol. The second kappa shape index (κ2) is 12.7. The topological polar surface area (TPSA) is 109 Å². The Morgan fingerprint density at radius 1 is 1.19 bits per heavy atom. The molecule has 1 fully saturated rings. The number of benzene rings is 1. The number of aliphatic hydroxyl groups is 1. The van der Waals surface area contributed by atoms with Crippen LogP contribution >= 0.6 is 0 Å². The van der Waals surface area contributed by atoms with E-state index >= 15 is 0 Å². The molecule has 0 bridgehead atoms. The normalized spacial score (nSPS) is 19.3. The van der Waals surface area contributed by atoms with Gasteiger partial charge in [-0.2, -0.15) is 10.2 Å². The smallest absolute Gasteiger partial charge is 0.303 e. The number of nitrogens with zero attached hydrogens (tertiary/aromatic N) is 4. The highest BCUT2D eigenvalue weighted by atomic mass is 16.5. The minimum atomic E-state index is -0.745. The van der Waals surface area contributed by atoms with E-state index in [1.54, 1.807) is 19.5 Å². The second-order valence-corrected chi connectivity index (χ2v) is 9.74. The van der Waals surface area contributed by atoms with Gasteiger partial charge in [-0.05, 0) is 105 Å². The van der Waals surface area contributed by atoms with Gasteiger partial charge in [-0.1, -0.05) is 0 Å². The summed E-state index contributed by atoms with van der Waals surface area (Å²) in [6, 6.07) is 11.5. The minimum absolute atomic E-state index is 0.186. The van der Waals surface area contributed by atoms with Gasteiger partial charge in [0.2, 0.25) is 0 Å². The zero-order valence-corrected chi connectivity index (χ0v) is 20.9. The van der Waals surface area contributed by atoms with E-state index in [9.17, 15) is 15.0 Å². The first kappa shape index (κ1) is 26.0. The molecular formula is C28H36N4O4. The molecule has 8 nitrogen and oxygen atoms in total. The van der Waals surface area contributed by atoms with E-state index in [2.05, 4.69) is 20.1 Å². The highest BCUT2D eigenvalue weighted by Gasteiger charge is 2.30. The first-order valence-corrected chi connectivity index (χ1v) is 12.8. The molecule has 0 saturated carbocycles. The number of rotatable bonds is 12. The Hall–Kier alpha value is -3.10. The first-order valence-electron chi connectivity index (χ1n) is 12.8. The fourth-order valence-electron chi connectivity index (χ4n) is 5.42. The number of piperidine rings is 1. The number of likely N-dealkylation sites (tertiary alicyclic amines) is 1. The van der Waals surface area contributed by atoms with Gasteiger partial charge in [-0.3, -0.25) is 9.78 Å². The second-order valence-electron chi connectivity index (χ2n) is 9.74. The number of hydrogen-bond donors (Lipinski definition) is 2. The van der Waals surface area contributed by atoms with Crippen molar-refractivity contribution in [2.45, 2.75) is 51.0 Å². The molecule has 1 saturated heterocycles. The van der Waals surface area contributed by atoms with Crippen molar-refractivity contribution < 1.29 is 19.7 Å². The number of hydrogen-bond acceptors (Lipinski definition) is 7. The monoisotopic (exact) mass is 492 g/mol. The van der Waals surface area contributed by atoms with Crippen molar-refractivity contribution in [3.8, 4) is 5.75 Å². The molecule has 0 radical (unpaired) electrons. The molecule has 0 spiro atoms. The van der Waals surface area contributed by atoms with Crippen LogP contribution in [0.15, 0.2) is 48.8 Å². The number of pyridine rings is 1. The molecule has 2 N–H and O–H groups in total. The summed E-state index contributed by atoms with van der Waals surface area (Å²) in [6.45, 7) is 2.88. The van der Waals surface area contributed by atoms with Gasteiger partial charge in [0.15, 0.2) is 0 Å². The summed E-state index contributed by atoms with van der Waals surface area (Å²) in [7, 11) is 1.63. The Kier molecular flexibility index (Phi) is 9.19. The molecule has 1 aliphatic rings. The van der Waals surface area contributed by atoms with Crippen molar-refractivity contribution >= 4 is 16.9 Å². The van der Waals surface area contributed by atoms with Gasteiger partial charge in [-0.25, -0.2) is 0 Å². The summed E-state index contributed by atoms with van der Waals surface area (Å²) < 4.78 is 5.37. The Morgan fingerprint density at radius 3 is 2.86 bits per heavy atom. The number of fused-ring (bicyclic) bond motifs is 1. The van der Waals surface area contributed by atoms with Gasteiger partial charge in [0.1, 0.15) is 5.75 Å². The van der Waals surface area contributed by atoms with Crippen LogP contribution in [0, 0.1) is 11.8 Å². The van der Waals surface area contributed by atoms with Gasteiger partial charge in [0, 0.05) is 30.7 Å². The molecule has 2 aromatic heterocycles. The van der Waals surface area contributed by atoms with Gasteiger partial charge in [0.25, 0.3) is 0 Å². The summed E-state index contributed by atoms with van der Waals surface area (Å²) in [5.41, 5.74) is 2.70. The summed E-state index contributed by atoms with van der Waals surface area (Å²) in [4.78, 5) is 18.2. The maximum absolute atomic E-state index is 11.3. The Labute approximate surface area is 212 Å². The lowest BCUT2D eigenvalue weighted by Crippen LogP contribution is -2.41. The zero-order valence-electron chi connectivity index (χ0n) is 20.9. The van der Waals surface area contributed by atoms with E-state index in [-0.39, 0.29) is 6.42 Å². The molecule has 3 atom stereocenters. The number of methoxy groups -OCH3 is 1. The molecule has 192 valence electrons. The minimum Gasteiger partial charge on any atom is -0.497 e. The van der Waals surface area contributed by atoms with Gasteiger partial charge >= 0.3 is 5.97 Å². The molecule has 0 unspecified atom stereocenters. The zero-order chi connectivity index (χ0) is 25.3. The number of carboxylic acid groups (broad SMARTS) is 1. The predicted molar refractivity (Wildman–Crippen MR) is 138 cm³/mol. The molecule has 36 heavy (non-hydrogen) atoms. The van der Waals surface area contributed by atoms with E-state index in [0.717, 1.165) is 73.2 Å². The van der Waals surface area contributed by atoms with Gasteiger partial charge in [0.05, 0.1) is 24.4 Å². The Bertz CT molecular complexity index is 1130. The number of aromatic nitrogens is 3. The average molecular weight is 493 g/mol. The number of aliphatic hydroxyl groups excluding tert-OH is 1. The van der Waals surface area contributed by atoms with Crippen LogP contribution in [0.3, 0.4) is 0 Å². The number of carboxylic acids is 1. The van der Waals surface area contributed by atoms with Crippen LogP contribution in [0.5, 0.6) is 5.75 Å². The maximum atomic E-state index is 11.3. The third kappa shape index (κ3) is 6.98. The number of ether oxygens (including phenoxy) is 1. The van der Waals surface area contributed by atoms with Crippen molar-refractivity contribution in [3.05, 3.63) is 60.0 Å². The highest BCUT2D eigenvalue weighted by Crippen LogP contribution is 2.35. The Balaban J connectivity index is 1.35. The van der Waals surface area contributed by atoms with Crippen LogP contribution in [0.25, 0.3) is 10.9 Å². The molecule has 1 aromatic carbocycles. The standard InChI is InChI=1S/C28H36N4O4/c1-36-23-8-9-26-25(18-23)24(12-15-29-26)27(33)10-6-20-13-17-32(19-21(20)7-11-28(34)35)16-3-5-22-4-2-14-30-31-22/h2,4,8-9,12,14-15,18,20-21,27,33H,3,5-7,10-11,13,16-17,19H2,1H3,(H,34,35)/t20-,21-,27-/m1/s1. The lowest BCUT2D eigenvalue weighted by molar-refractivity contribution is -0.137. The molecule has 3 aromatic rings. The molecule has 4 rings (SSSR count). The van der Waals surface area contributed by atoms with E-state index in [1.807, 2.05) is 36.4 Å². The lowest BCUT2D eigenvalue weighted by Gasteiger charge is -2.39. The van der Waals surface area contributed by atoms with E-state index in [4.69, 9.17) is 4.74 Å². The largest absolute Gasteiger partial charge is 0.497 e. The van der Waals surface area contributed by atoms with E-state index in [1.165, 1.54) is 0 Å². The van der Waals surface area contributed by atoms with Crippen molar-refractivity contribution in [2.75, 3.05) is 26.7 Å². The molecule has 3 heterocycles. The quantitative estimate of drug-likeness (QED) is 0.386. The fraction of sp³-hybridized carbons (Fsp3) is 0.500. The summed E-state index contributed by atoms with van der Waals surface area (Å²) in [5, 5.41) is 29.4. The molecule has 0 aliphatic carbocycles. The SMILES string of the molecule is COc1ccc2nccc([C@H](O)CC[C@@H]3CCN(CCCc4cccnn4)C[C@H]3CCC(=O)O)c2c1. The third-order valence-corrected chi connectivity index (χ3v) is 7.39. The van der Waals surface area contributed by atoms with Gasteiger partial charge in [-0.15, -0.1) is 0 Å². The third-order valence-electron chi connectivity index (χ3n) is 7.39. The van der Waals surface area contributed by atoms with Crippen LogP contribution in [0.2, 0.25) is 0 Å². The first-order chi connectivity index (χ1) is 17.5. The number of aliphatic carboxylic acids is 1. The summed E-state index contributed by atoms with van der Waals surface area (Å²) in [5.74, 6) is 0.709. The highest BCUT2D eigenvalue weighted by molar-refractivity contribution is 5.83. The van der Waals surface area contributed by atoms with Gasteiger partial charge < -0.3 is 19.8 Å². The van der Waals surface area contributed by atoms with Crippen LogP contribution in [-0.4, -0.2) is 63.0 Å². The fourth-order valence-corrected chi connectivity index (χ4v) is 5.42. The van der Waals surface area contributed by atoms with Crippen LogP contribution in [0.4, 0.5) is 0 Å². The lowest BCUT2D eigenvalue weighted by atomic mass is 9.79. The van der Waals surface area contributed by atoms with Crippen molar-refractivity contribution in [1.82, 2.24) is 20.1 Å². The van der Waals surface area contributed by atoms with Crippen LogP contribution < -0.4 is 4.74 Å². The van der Waals surface area contributed by atoms with Crippen LogP contribution in [-0.2, 0) is 11.2 Å². The van der Waals surface area contributed by atoms with E-state index < -0.39 is 12.1 Å². The van der Waals surface area contributed by atoms with Crippen molar-refractivity contribution in [1.29, 1.82) is 0 Å². The molecule has 0 amide bonds. The van der Waals surface area contributed by atoms with Crippen molar-refractivity contribution in [2.24, 2.45) is 11.8 Å². The average Bonchev–Trinajstić information content (AvgIpc) is 2.91. The summed E-state index contributed by atoms with van der Waals surface area (Å²) >= 11 is 0. The summed E-state index contributed by atoms with van der Waals surface area (Å²) in [6.07, 6.45) is 8.11. The number of aryl methyl sites for hydroxylation is 1. The maximum Gasteiger partial charge on any atom is 0.303 e. The Morgan fingerprint density at radius 2 is 2.08 bits per heavy atom.